The quantitative estimate of drug-likeness (QED) is 0.722. The van der Waals surface area contributed by atoms with Gasteiger partial charge in [-0.25, -0.2) is 0 Å². The monoisotopic (exact) mass is 326 g/mol. The average Bonchev–Trinajstić information content (AvgIpc) is 2.66. The summed E-state index contributed by atoms with van der Waals surface area (Å²) in [6, 6.07) is 17.7. The van der Waals surface area contributed by atoms with Crippen LogP contribution in [0, 0.1) is 6.92 Å². The zero-order chi connectivity index (χ0) is 17.9. The minimum Gasteiger partial charge on any atom is -0.369 e. The van der Waals surface area contributed by atoms with E-state index in [4.69, 9.17) is 0 Å². The van der Waals surface area contributed by atoms with Gasteiger partial charge in [-0.3, -0.25) is 0 Å². The Morgan fingerprint density at radius 2 is 1.29 bits per heavy atom. The van der Waals surface area contributed by atoms with Crippen LogP contribution < -0.4 is 4.90 Å². The number of anilines is 1. The molecule has 2 heteroatoms. The first kappa shape index (κ1) is 20.2. The largest absolute Gasteiger partial charge is 0.369 e. The van der Waals surface area contributed by atoms with Crippen molar-refractivity contribution in [1.82, 2.24) is 4.90 Å². The van der Waals surface area contributed by atoms with E-state index >= 15 is 0 Å². The first-order chi connectivity index (χ1) is 11.7. The lowest BCUT2D eigenvalue weighted by Gasteiger charge is -2.34. The molecule has 1 heterocycles. The summed E-state index contributed by atoms with van der Waals surface area (Å²) < 4.78 is 0. The molecule has 1 aliphatic rings. The second-order valence-corrected chi connectivity index (χ2v) is 5.71. The van der Waals surface area contributed by atoms with Gasteiger partial charge in [-0.2, -0.15) is 0 Å². The molecular formula is C22H34N2. The van der Waals surface area contributed by atoms with Crippen LogP contribution >= 0.6 is 0 Å². The first-order valence-corrected chi connectivity index (χ1v) is 9.33. The molecule has 0 aromatic heterocycles. The molecule has 0 unspecified atom stereocenters. The number of likely N-dealkylation sites (N-methyl/N-ethyl adjacent to an activating group) is 1. The van der Waals surface area contributed by atoms with E-state index in [9.17, 15) is 0 Å². The van der Waals surface area contributed by atoms with Crippen LogP contribution in [0.3, 0.4) is 0 Å². The number of nitrogens with zero attached hydrogens (tertiary/aromatic N) is 2. The highest BCUT2D eigenvalue weighted by Gasteiger charge is 2.13. The van der Waals surface area contributed by atoms with Crippen molar-refractivity contribution < 1.29 is 0 Å². The average molecular weight is 327 g/mol. The number of hydrogen-bond donors (Lipinski definition) is 0. The fraction of sp³-hybridized carbons (Fsp3) is 0.455. The first-order valence-electron chi connectivity index (χ1n) is 9.33. The second kappa shape index (κ2) is 10.9. The van der Waals surface area contributed by atoms with Crippen molar-refractivity contribution in [1.29, 1.82) is 0 Å². The summed E-state index contributed by atoms with van der Waals surface area (Å²) in [5.41, 5.74) is 5.25. The van der Waals surface area contributed by atoms with E-state index in [0.717, 1.165) is 26.2 Å². The van der Waals surface area contributed by atoms with Gasteiger partial charge in [0.15, 0.2) is 0 Å². The van der Waals surface area contributed by atoms with Gasteiger partial charge < -0.3 is 9.80 Å². The van der Waals surface area contributed by atoms with Crippen LogP contribution in [0.2, 0.25) is 0 Å². The van der Waals surface area contributed by atoms with Crippen LogP contribution in [-0.2, 0) is 0 Å². The van der Waals surface area contributed by atoms with Crippen molar-refractivity contribution in [3.63, 3.8) is 0 Å². The Kier molecular flexibility index (Phi) is 9.18. The van der Waals surface area contributed by atoms with Crippen LogP contribution in [0.15, 0.2) is 48.5 Å². The SMILES string of the molecule is CC.CC.Cc1cccc(-c2ccc(N3CCN(C)CC3)cc2)c1. The van der Waals surface area contributed by atoms with Gasteiger partial charge in [0.25, 0.3) is 0 Å². The van der Waals surface area contributed by atoms with E-state index < -0.39 is 0 Å². The third-order valence-electron chi connectivity index (χ3n) is 4.09. The minimum atomic E-state index is 1.13. The highest BCUT2D eigenvalue weighted by atomic mass is 15.2. The summed E-state index contributed by atoms with van der Waals surface area (Å²) in [5.74, 6) is 0. The van der Waals surface area contributed by atoms with E-state index in [2.05, 4.69) is 72.3 Å². The van der Waals surface area contributed by atoms with Gasteiger partial charge >= 0.3 is 0 Å². The zero-order valence-electron chi connectivity index (χ0n) is 16.3. The van der Waals surface area contributed by atoms with Gasteiger partial charge in [0.05, 0.1) is 0 Å². The number of benzene rings is 2. The van der Waals surface area contributed by atoms with Crippen LogP contribution in [0.1, 0.15) is 33.3 Å². The Bertz CT molecular complexity index is 567. The fourth-order valence-corrected chi connectivity index (χ4v) is 2.75. The summed E-state index contributed by atoms with van der Waals surface area (Å²) in [7, 11) is 2.19. The lowest BCUT2D eigenvalue weighted by atomic mass is 10.0. The molecule has 2 aromatic rings. The third kappa shape index (κ3) is 5.68. The fourth-order valence-electron chi connectivity index (χ4n) is 2.75. The molecule has 2 nitrogen and oxygen atoms in total. The molecule has 2 aromatic carbocycles. The van der Waals surface area contributed by atoms with Gasteiger partial charge in [0, 0.05) is 31.9 Å². The predicted molar refractivity (Wildman–Crippen MR) is 109 cm³/mol. The summed E-state index contributed by atoms with van der Waals surface area (Å²) in [6.07, 6.45) is 0. The van der Waals surface area contributed by atoms with Crippen LogP contribution in [0.4, 0.5) is 5.69 Å². The lowest BCUT2D eigenvalue weighted by molar-refractivity contribution is 0.313. The van der Waals surface area contributed by atoms with Gasteiger partial charge in [0.1, 0.15) is 0 Å². The number of rotatable bonds is 2. The molecule has 3 rings (SSSR count). The molecular weight excluding hydrogens is 292 g/mol. The molecule has 0 atom stereocenters. The smallest absolute Gasteiger partial charge is 0.0367 e. The molecule has 0 bridgehead atoms. The Balaban J connectivity index is 0.000000671. The van der Waals surface area contributed by atoms with Crippen LogP contribution in [0.5, 0.6) is 0 Å². The molecule has 0 radical (unpaired) electrons. The molecule has 0 amide bonds. The van der Waals surface area contributed by atoms with Crippen molar-refractivity contribution in [3.05, 3.63) is 54.1 Å². The Morgan fingerprint density at radius 1 is 0.708 bits per heavy atom. The van der Waals surface area contributed by atoms with Crippen molar-refractivity contribution in [2.75, 3.05) is 38.1 Å². The number of piperazine rings is 1. The topological polar surface area (TPSA) is 6.48 Å². The molecule has 0 spiro atoms. The Hall–Kier alpha value is -1.80. The van der Waals surface area contributed by atoms with Crippen molar-refractivity contribution in [2.45, 2.75) is 34.6 Å². The summed E-state index contributed by atoms with van der Waals surface area (Å²) >= 11 is 0. The van der Waals surface area contributed by atoms with Gasteiger partial charge in [-0.05, 0) is 37.2 Å². The zero-order valence-corrected chi connectivity index (χ0v) is 16.3. The normalized spacial score (nSPS) is 14.2. The molecule has 0 N–H and O–H groups in total. The summed E-state index contributed by atoms with van der Waals surface area (Å²) in [4.78, 5) is 4.86. The van der Waals surface area contributed by atoms with E-state index in [1.807, 2.05) is 27.7 Å². The minimum absolute atomic E-state index is 1.13. The molecule has 24 heavy (non-hydrogen) atoms. The standard InChI is InChI=1S/C18H22N2.2C2H6/c1-15-4-3-5-17(14-15)16-6-8-18(9-7-16)20-12-10-19(2)11-13-20;2*1-2/h3-9,14H,10-13H2,1-2H3;2*1-2H3. The van der Waals surface area contributed by atoms with E-state index in [1.54, 1.807) is 0 Å². The van der Waals surface area contributed by atoms with E-state index in [0.29, 0.717) is 0 Å². The summed E-state index contributed by atoms with van der Waals surface area (Å²) in [5, 5.41) is 0. The molecule has 0 aliphatic carbocycles. The van der Waals surface area contributed by atoms with Crippen LogP contribution in [0.25, 0.3) is 11.1 Å². The van der Waals surface area contributed by atoms with E-state index in [-0.39, 0.29) is 0 Å². The molecule has 132 valence electrons. The molecule has 1 saturated heterocycles. The second-order valence-electron chi connectivity index (χ2n) is 5.71. The summed E-state index contributed by atoms with van der Waals surface area (Å²) in [6.45, 7) is 14.7. The molecule has 1 aliphatic heterocycles. The van der Waals surface area contributed by atoms with Crippen molar-refractivity contribution in [3.8, 4) is 11.1 Å². The lowest BCUT2D eigenvalue weighted by Crippen LogP contribution is -2.44. The van der Waals surface area contributed by atoms with Gasteiger partial charge in [-0.15, -0.1) is 0 Å². The van der Waals surface area contributed by atoms with Gasteiger partial charge in [0.2, 0.25) is 0 Å². The van der Waals surface area contributed by atoms with E-state index in [1.165, 1.54) is 22.4 Å². The molecule has 0 saturated carbocycles. The predicted octanol–water partition coefficient (Wildman–Crippen LogP) is 5.47. The van der Waals surface area contributed by atoms with Gasteiger partial charge in [-0.1, -0.05) is 69.7 Å². The van der Waals surface area contributed by atoms with Crippen molar-refractivity contribution >= 4 is 5.69 Å². The highest BCUT2D eigenvalue weighted by Crippen LogP contribution is 2.24. The molecule has 1 fully saturated rings. The number of aryl methyl sites for hydroxylation is 1. The highest BCUT2D eigenvalue weighted by molar-refractivity contribution is 5.67. The Morgan fingerprint density at radius 3 is 1.83 bits per heavy atom. The maximum Gasteiger partial charge on any atom is 0.0367 e. The Labute approximate surface area is 149 Å². The number of hydrogen-bond acceptors (Lipinski definition) is 2. The maximum atomic E-state index is 2.47. The maximum absolute atomic E-state index is 2.47. The van der Waals surface area contributed by atoms with Crippen molar-refractivity contribution in [2.24, 2.45) is 0 Å². The third-order valence-corrected chi connectivity index (χ3v) is 4.09. The van der Waals surface area contributed by atoms with Crippen LogP contribution in [-0.4, -0.2) is 38.1 Å².